The van der Waals surface area contributed by atoms with E-state index >= 15 is 0 Å². The summed E-state index contributed by atoms with van der Waals surface area (Å²) in [7, 11) is 0. The number of carbonyl (C=O) groups is 1. The molecule has 3 atom stereocenters. The van der Waals surface area contributed by atoms with E-state index in [1.807, 2.05) is 4.90 Å². The molecule has 2 aliphatic heterocycles. The average Bonchev–Trinajstić information content (AvgIpc) is 3.26. The Balaban J connectivity index is 1.41. The van der Waals surface area contributed by atoms with Crippen LogP contribution in [-0.4, -0.2) is 47.9 Å². The van der Waals surface area contributed by atoms with Gasteiger partial charge in [-0.15, -0.1) is 0 Å². The summed E-state index contributed by atoms with van der Waals surface area (Å²) in [4.78, 5) is 16.4. The van der Waals surface area contributed by atoms with Crippen LogP contribution in [0.4, 0.5) is 0 Å². The molecule has 0 N–H and O–H groups in total. The summed E-state index contributed by atoms with van der Waals surface area (Å²) < 4.78 is 0. The van der Waals surface area contributed by atoms with Gasteiger partial charge in [0, 0.05) is 38.5 Å². The second-order valence-electron chi connectivity index (χ2n) is 8.50. The van der Waals surface area contributed by atoms with Gasteiger partial charge in [0.2, 0.25) is 5.91 Å². The van der Waals surface area contributed by atoms with Gasteiger partial charge < -0.3 is 9.80 Å². The molecule has 1 aromatic rings. The van der Waals surface area contributed by atoms with Crippen molar-refractivity contribution in [2.24, 2.45) is 11.8 Å². The molecule has 0 bridgehead atoms. The predicted octanol–water partition coefficient (Wildman–Crippen LogP) is 3.99. The van der Waals surface area contributed by atoms with E-state index in [1.165, 1.54) is 49.1 Å². The van der Waals surface area contributed by atoms with Gasteiger partial charge >= 0.3 is 0 Å². The van der Waals surface area contributed by atoms with Crippen molar-refractivity contribution >= 4 is 11.5 Å². The zero-order valence-corrected chi connectivity index (χ0v) is 16.3. The number of hydrogen-bond donors (Lipinski definition) is 0. The first-order valence-electron chi connectivity index (χ1n) is 10.4. The van der Waals surface area contributed by atoms with Crippen LogP contribution in [0.25, 0.3) is 5.57 Å². The zero-order chi connectivity index (χ0) is 18.1. The third-order valence-electron chi connectivity index (χ3n) is 6.85. The molecular weight excluding hydrogens is 320 g/mol. The van der Waals surface area contributed by atoms with Crippen molar-refractivity contribution < 1.29 is 4.79 Å². The van der Waals surface area contributed by atoms with Gasteiger partial charge in [-0.05, 0) is 68.2 Å². The van der Waals surface area contributed by atoms with Crippen LogP contribution in [0.1, 0.15) is 50.7 Å². The molecule has 0 spiro atoms. The van der Waals surface area contributed by atoms with Gasteiger partial charge in [0.25, 0.3) is 0 Å². The largest absolute Gasteiger partial charge is 0.342 e. The van der Waals surface area contributed by atoms with Crippen LogP contribution in [0, 0.1) is 11.8 Å². The fraction of sp³-hybridized carbons (Fsp3) is 0.609. The van der Waals surface area contributed by atoms with Gasteiger partial charge in [-0.3, -0.25) is 4.79 Å². The van der Waals surface area contributed by atoms with Gasteiger partial charge in [0.15, 0.2) is 0 Å². The number of carbonyl (C=O) groups excluding carboxylic acids is 1. The molecule has 3 aliphatic rings. The fourth-order valence-corrected chi connectivity index (χ4v) is 5.17. The van der Waals surface area contributed by atoms with E-state index in [0.29, 0.717) is 11.8 Å². The van der Waals surface area contributed by atoms with Crippen molar-refractivity contribution in [3.63, 3.8) is 0 Å². The second-order valence-corrected chi connectivity index (χ2v) is 8.50. The van der Waals surface area contributed by atoms with Crippen molar-refractivity contribution in [1.82, 2.24) is 9.80 Å². The zero-order valence-electron chi connectivity index (χ0n) is 16.3. The monoisotopic (exact) mass is 352 g/mol. The molecule has 1 aliphatic carbocycles. The van der Waals surface area contributed by atoms with E-state index < -0.39 is 0 Å². The Bertz CT molecular complexity index is 678. The molecule has 2 saturated heterocycles. The summed E-state index contributed by atoms with van der Waals surface area (Å²) in [6.45, 7) is 8.36. The highest BCUT2D eigenvalue weighted by molar-refractivity contribution is 5.76. The summed E-state index contributed by atoms with van der Waals surface area (Å²) in [6.07, 6.45) is 8.65. The second kappa shape index (κ2) is 7.56. The minimum atomic E-state index is 0.227. The maximum absolute atomic E-state index is 11.8. The van der Waals surface area contributed by atoms with Crippen LogP contribution in [0.2, 0.25) is 0 Å². The van der Waals surface area contributed by atoms with Crippen molar-refractivity contribution in [3.05, 3.63) is 41.5 Å². The lowest BCUT2D eigenvalue weighted by atomic mass is 9.78. The van der Waals surface area contributed by atoms with E-state index in [0.717, 1.165) is 32.0 Å². The average molecular weight is 353 g/mol. The smallest absolute Gasteiger partial charge is 0.219 e. The molecule has 4 rings (SSSR count). The van der Waals surface area contributed by atoms with Crippen LogP contribution in [0.3, 0.4) is 0 Å². The van der Waals surface area contributed by atoms with E-state index in [4.69, 9.17) is 0 Å². The van der Waals surface area contributed by atoms with Gasteiger partial charge in [0.1, 0.15) is 0 Å². The first kappa shape index (κ1) is 17.8. The quantitative estimate of drug-likeness (QED) is 0.818. The molecule has 1 amide bonds. The van der Waals surface area contributed by atoms with Gasteiger partial charge in [-0.25, -0.2) is 0 Å². The highest BCUT2D eigenvalue weighted by Crippen LogP contribution is 2.41. The number of nitrogens with zero attached hydrogens (tertiary/aromatic N) is 2. The molecule has 2 unspecified atom stereocenters. The van der Waals surface area contributed by atoms with E-state index in [9.17, 15) is 4.79 Å². The predicted molar refractivity (Wildman–Crippen MR) is 107 cm³/mol. The number of allylic oxidation sites excluding steroid dienone is 1. The Hall–Kier alpha value is -1.61. The highest BCUT2D eigenvalue weighted by Gasteiger charge is 2.37. The number of rotatable bonds is 4. The van der Waals surface area contributed by atoms with Gasteiger partial charge in [-0.2, -0.15) is 0 Å². The summed E-state index contributed by atoms with van der Waals surface area (Å²) in [5.74, 6) is 1.41. The van der Waals surface area contributed by atoms with E-state index in [2.05, 4.69) is 42.2 Å². The molecule has 3 heteroatoms. The summed E-state index contributed by atoms with van der Waals surface area (Å²) in [5.41, 5.74) is 4.28. The van der Waals surface area contributed by atoms with Crippen molar-refractivity contribution in [2.75, 3.05) is 26.2 Å². The number of hydrogen-bond acceptors (Lipinski definition) is 2. The summed E-state index contributed by atoms with van der Waals surface area (Å²) >= 11 is 0. The standard InChI is InChI=1S/C23H32N2O/c1-17-5-4-13-24(17)14-12-19-8-10-20(11-9-19)22-7-3-6-21-15-25(18(2)26)16-23(21)22/h7-11,17,21,23H,3-6,12-16H2,1-2H3/t17-,21?,23?/m1/s1. The molecule has 140 valence electrons. The van der Waals surface area contributed by atoms with Gasteiger partial charge in [-0.1, -0.05) is 30.3 Å². The fourth-order valence-electron chi connectivity index (χ4n) is 5.17. The first-order chi connectivity index (χ1) is 12.6. The van der Waals surface area contributed by atoms with E-state index in [-0.39, 0.29) is 5.91 Å². The first-order valence-corrected chi connectivity index (χ1v) is 10.4. The van der Waals surface area contributed by atoms with Crippen molar-refractivity contribution in [2.45, 2.75) is 52.0 Å². The lowest BCUT2D eigenvalue weighted by Gasteiger charge is -2.26. The molecule has 0 saturated carbocycles. The third kappa shape index (κ3) is 3.59. The Morgan fingerprint density at radius 3 is 2.65 bits per heavy atom. The van der Waals surface area contributed by atoms with Crippen LogP contribution in [-0.2, 0) is 11.2 Å². The molecule has 26 heavy (non-hydrogen) atoms. The number of amides is 1. The molecule has 2 heterocycles. The minimum absolute atomic E-state index is 0.227. The maximum Gasteiger partial charge on any atom is 0.219 e. The minimum Gasteiger partial charge on any atom is -0.342 e. The van der Waals surface area contributed by atoms with Crippen LogP contribution in [0.5, 0.6) is 0 Å². The highest BCUT2D eigenvalue weighted by atomic mass is 16.2. The van der Waals surface area contributed by atoms with E-state index in [1.54, 1.807) is 6.92 Å². The summed E-state index contributed by atoms with van der Waals surface area (Å²) in [5, 5.41) is 0. The molecule has 0 radical (unpaired) electrons. The maximum atomic E-state index is 11.8. The Labute approximate surface area is 158 Å². The normalized spacial score (nSPS) is 28.9. The SMILES string of the molecule is CC(=O)N1CC2CCC=C(c3ccc(CCN4CCC[C@H]4C)cc3)C2C1. The third-order valence-corrected chi connectivity index (χ3v) is 6.85. The van der Waals surface area contributed by atoms with Crippen LogP contribution in [0.15, 0.2) is 30.3 Å². The van der Waals surface area contributed by atoms with Crippen LogP contribution >= 0.6 is 0 Å². The Kier molecular flexibility index (Phi) is 5.17. The van der Waals surface area contributed by atoms with Crippen molar-refractivity contribution in [1.29, 1.82) is 0 Å². The van der Waals surface area contributed by atoms with Crippen LogP contribution < -0.4 is 0 Å². The number of likely N-dealkylation sites (tertiary alicyclic amines) is 2. The lowest BCUT2D eigenvalue weighted by molar-refractivity contribution is -0.127. The molecule has 0 aromatic heterocycles. The Morgan fingerprint density at radius 1 is 1.15 bits per heavy atom. The van der Waals surface area contributed by atoms with Gasteiger partial charge in [0.05, 0.1) is 0 Å². The molecular formula is C23H32N2O. The lowest BCUT2D eigenvalue weighted by Crippen LogP contribution is -2.28. The molecule has 1 aromatic carbocycles. The molecule has 3 nitrogen and oxygen atoms in total. The summed E-state index contributed by atoms with van der Waals surface area (Å²) in [6, 6.07) is 10.0. The Morgan fingerprint density at radius 2 is 1.96 bits per heavy atom. The topological polar surface area (TPSA) is 23.6 Å². The number of benzene rings is 1. The number of fused-ring (bicyclic) bond motifs is 1. The van der Waals surface area contributed by atoms with Crippen molar-refractivity contribution in [3.8, 4) is 0 Å². The molecule has 2 fully saturated rings.